The Morgan fingerprint density at radius 2 is 2.06 bits per heavy atom. The van der Waals surface area contributed by atoms with Crippen molar-refractivity contribution in [2.24, 2.45) is 0 Å². The third-order valence-corrected chi connectivity index (χ3v) is 3.47. The standard InChI is InChI=1S/C12H14ClNO3S/c1-8(9-4-2-3-5-10(9)13)14-11(15)6-18-7-12(16)17/h2-5,8H,6-7H2,1H3,(H,14,15)(H,16,17)/t8-/m0/s1. The van der Waals surface area contributed by atoms with E-state index in [-0.39, 0.29) is 23.5 Å². The number of halogens is 1. The van der Waals surface area contributed by atoms with Crippen LogP contribution < -0.4 is 5.32 Å². The summed E-state index contributed by atoms with van der Waals surface area (Å²) in [7, 11) is 0. The molecule has 1 atom stereocenters. The van der Waals surface area contributed by atoms with Gasteiger partial charge in [-0.15, -0.1) is 11.8 Å². The Morgan fingerprint density at radius 3 is 2.67 bits per heavy atom. The molecule has 0 bridgehead atoms. The molecule has 1 rings (SSSR count). The fourth-order valence-electron chi connectivity index (χ4n) is 1.42. The minimum absolute atomic E-state index is 0.0755. The monoisotopic (exact) mass is 287 g/mol. The number of nitrogens with one attached hydrogen (secondary N) is 1. The van der Waals surface area contributed by atoms with Crippen LogP contribution in [-0.2, 0) is 9.59 Å². The van der Waals surface area contributed by atoms with Gasteiger partial charge in [0.1, 0.15) is 0 Å². The first-order valence-corrected chi connectivity index (χ1v) is 6.87. The lowest BCUT2D eigenvalue weighted by Gasteiger charge is -2.15. The number of carbonyl (C=O) groups is 2. The predicted molar refractivity (Wildman–Crippen MR) is 73.0 cm³/mol. The summed E-state index contributed by atoms with van der Waals surface area (Å²) in [5.41, 5.74) is 0.843. The van der Waals surface area contributed by atoms with Crippen LogP contribution in [0.2, 0.25) is 5.02 Å². The quantitative estimate of drug-likeness (QED) is 0.843. The van der Waals surface area contributed by atoms with E-state index in [1.54, 1.807) is 6.07 Å². The molecule has 1 amide bonds. The first kappa shape index (κ1) is 14.9. The van der Waals surface area contributed by atoms with Crippen LogP contribution in [0.15, 0.2) is 24.3 Å². The highest BCUT2D eigenvalue weighted by molar-refractivity contribution is 8.00. The molecule has 0 heterocycles. The number of hydrogen-bond donors (Lipinski definition) is 2. The Labute approximate surface area is 115 Å². The summed E-state index contributed by atoms with van der Waals surface area (Å²) >= 11 is 7.08. The first-order valence-electron chi connectivity index (χ1n) is 5.34. The molecule has 98 valence electrons. The molecule has 0 saturated carbocycles. The van der Waals surface area contributed by atoms with E-state index in [2.05, 4.69) is 5.32 Å². The number of carbonyl (C=O) groups excluding carboxylic acids is 1. The first-order chi connectivity index (χ1) is 8.50. The summed E-state index contributed by atoms with van der Waals surface area (Å²) in [6.07, 6.45) is 0. The molecule has 1 aromatic rings. The van der Waals surface area contributed by atoms with Gasteiger partial charge in [-0.25, -0.2) is 0 Å². The van der Waals surface area contributed by atoms with Crippen molar-refractivity contribution in [3.05, 3.63) is 34.9 Å². The molecular formula is C12H14ClNO3S. The highest BCUT2D eigenvalue weighted by Crippen LogP contribution is 2.22. The number of carboxylic acids is 1. The minimum atomic E-state index is -0.924. The molecule has 0 aliphatic heterocycles. The lowest BCUT2D eigenvalue weighted by molar-refractivity contribution is -0.133. The topological polar surface area (TPSA) is 66.4 Å². The molecule has 18 heavy (non-hydrogen) atoms. The van der Waals surface area contributed by atoms with Crippen molar-refractivity contribution in [1.29, 1.82) is 0 Å². The number of carboxylic acid groups (broad SMARTS) is 1. The maximum Gasteiger partial charge on any atom is 0.313 e. The van der Waals surface area contributed by atoms with Crippen LogP contribution in [0, 0.1) is 0 Å². The molecule has 0 spiro atoms. The van der Waals surface area contributed by atoms with Crippen LogP contribution in [0.4, 0.5) is 0 Å². The van der Waals surface area contributed by atoms with Gasteiger partial charge in [0.25, 0.3) is 0 Å². The van der Waals surface area contributed by atoms with Crippen molar-refractivity contribution in [3.63, 3.8) is 0 Å². The summed E-state index contributed by atoms with van der Waals surface area (Å²) < 4.78 is 0. The van der Waals surface area contributed by atoms with Crippen molar-refractivity contribution in [1.82, 2.24) is 5.32 Å². The maximum absolute atomic E-state index is 11.6. The van der Waals surface area contributed by atoms with E-state index in [9.17, 15) is 9.59 Å². The van der Waals surface area contributed by atoms with E-state index in [1.807, 2.05) is 25.1 Å². The molecule has 0 saturated heterocycles. The van der Waals surface area contributed by atoms with E-state index >= 15 is 0 Å². The zero-order valence-corrected chi connectivity index (χ0v) is 11.4. The summed E-state index contributed by atoms with van der Waals surface area (Å²) in [5, 5.41) is 11.8. The zero-order chi connectivity index (χ0) is 13.5. The van der Waals surface area contributed by atoms with Crippen molar-refractivity contribution in [2.75, 3.05) is 11.5 Å². The number of thioether (sulfide) groups is 1. The van der Waals surface area contributed by atoms with Crippen LogP contribution in [0.5, 0.6) is 0 Å². The Balaban J connectivity index is 2.45. The van der Waals surface area contributed by atoms with Gasteiger partial charge < -0.3 is 10.4 Å². The molecule has 6 heteroatoms. The maximum atomic E-state index is 11.6. The van der Waals surface area contributed by atoms with E-state index < -0.39 is 5.97 Å². The van der Waals surface area contributed by atoms with Gasteiger partial charge in [-0.1, -0.05) is 29.8 Å². The van der Waals surface area contributed by atoms with Gasteiger partial charge in [-0.2, -0.15) is 0 Å². The molecule has 0 aliphatic rings. The summed E-state index contributed by atoms with van der Waals surface area (Å²) in [6, 6.07) is 7.08. The van der Waals surface area contributed by atoms with Crippen LogP contribution in [-0.4, -0.2) is 28.5 Å². The number of amides is 1. The van der Waals surface area contributed by atoms with Crippen molar-refractivity contribution in [3.8, 4) is 0 Å². The smallest absolute Gasteiger partial charge is 0.313 e. The lowest BCUT2D eigenvalue weighted by Crippen LogP contribution is -2.28. The van der Waals surface area contributed by atoms with Crippen LogP contribution in [0.1, 0.15) is 18.5 Å². The van der Waals surface area contributed by atoms with Crippen LogP contribution >= 0.6 is 23.4 Å². The normalized spacial score (nSPS) is 11.9. The molecule has 0 unspecified atom stereocenters. The molecule has 1 aromatic carbocycles. The number of hydrogen-bond acceptors (Lipinski definition) is 3. The SMILES string of the molecule is C[C@H](NC(=O)CSCC(=O)O)c1ccccc1Cl. The van der Waals surface area contributed by atoms with Gasteiger partial charge in [0.05, 0.1) is 17.5 Å². The van der Waals surface area contributed by atoms with Crippen molar-refractivity contribution in [2.45, 2.75) is 13.0 Å². The molecule has 0 aromatic heterocycles. The summed E-state index contributed by atoms with van der Waals surface area (Å²) in [6.45, 7) is 1.83. The van der Waals surface area contributed by atoms with Gasteiger partial charge in [0.2, 0.25) is 5.91 Å². The Morgan fingerprint density at radius 1 is 1.39 bits per heavy atom. The Hall–Kier alpha value is -1.20. The Bertz CT molecular complexity index is 439. The fourth-order valence-corrected chi connectivity index (χ4v) is 2.26. The van der Waals surface area contributed by atoms with Crippen LogP contribution in [0.3, 0.4) is 0 Å². The average molecular weight is 288 g/mol. The van der Waals surface area contributed by atoms with E-state index in [1.165, 1.54) is 0 Å². The molecule has 2 N–H and O–H groups in total. The fraction of sp³-hybridized carbons (Fsp3) is 0.333. The molecule has 4 nitrogen and oxygen atoms in total. The second-order valence-corrected chi connectivity index (χ2v) is 5.09. The molecule has 0 aliphatic carbocycles. The average Bonchev–Trinajstić information content (AvgIpc) is 2.28. The minimum Gasteiger partial charge on any atom is -0.481 e. The van der Waals surface area contributed by atoms with Crippen molar-refractivity contribution < 1.29 is 14.7 Å². The summed E-state index contributed by atoms with van der Waals surface area (Å²) in [5.74, 6) is -1.07. The predicted octanol–water partition coefficient (Wildman–Crippen LogP) is 2.33. The third kappa shape index (κ3) is 4.98. The van der Waals surface area contributed by atoms with E-state index in [4.69, 9.17) is 16.7 Å². The Kier molecular flexibility index (Phi) is 6.01. The number of benzene rings is 1. The second-order valence-electron chi connectivity index (χ2n) is 3.70. The van der Waals surface area contributed by atoms with Gasteiger partial charge in [0.15, 0.2) is 0 Å². The number of aliphatic carboxylic acids is 1. The number of rotatable bonds is 6. The van der Waals surface area contributed by atoms with Gasteiger partial charge >= 0.3 is 5.97 Å². The molecular weight excluding hydrogens is 274 g/mol. The zero-order valence-electron chi connectivity index (χ0n) is 9.85. The van der Waals surface area contributed by atoms with Crippen molar-refractivity contribution >= 4 is 35.2 Å². The largest absolute Gasteiger partial charge is 0.481 e. The molecule has 0 fully saturated rings. The summed E-state index contributed by atoms with van der Waals surface area (Å²) in [4.78, 5) is 21.9. The van der Waals surface area contributed by atoms with Gasteiger partial charge in [-0.3, -0.25) is 9.59 Å². The highest BCUT2D eigenvalue weighted by atomic mass is 35.5. The second kappa shape index (κ2) is 7.28. The lowest BCUT2D eigenvalue weighted by atomic mass is 10.1. The highest BCUT2D eigenvalue weighted by Gasteiger charge is 2.12. The van der Waals surface area contributed by atoms with E-state index in [0.29, 0.717) is 5.02 Å². The van der Waals surface area contributed by atoms with Gasteiger partial charge in [0, 0.05) is 5.02 Å². The molecule has 0 radical (unpaired) electrons. The van der Waals surface area contributed by atoms with E-state index in [0.717, 1.165) is 17.3 Å². The third-order valence-electron chi connectivity index (χ3n) is 2.21. The van der Waals surface area contributed by atoms with Crippen LogP contribution in [0.25, 0.3) is 0 Å². The van der Waals surface area contributed by atoms with Gasteiger partial charge in [-0.05, 0) is 18.6 Å².